The molecule has 4 rings (SSSR count). The topological polar surface area (TPSA) is 108 Å². The van der Waals surface area contributed by atoms with E-state index >= 15 is 0 Å². The van der Waals surface area contributed by atoms with E-state index in [1.54, 1.807) is 17.3 Å². The first-order valence-corrected chi connectivity index (χ1v) is 11.2. The van der Waals surface area contributed by atoms with Crippen molar-refractivity contribution in [3.8, 4) is 0 Å². The van der Waals surface area contributed by atoms with Gasteiger partial charge in [0, 0.05) is 43.0 Å². The van der Waals surface area contributed by atoms with Crippen LogP contribution in [0.15, 0.2) is 12.4 Å². The molecule has 170 valence electrons. The molecule has 1 aromatic heterocycles. The summed E-state index contributed by atoms with van der Waals surface area (Å²) in [5.41, 5.74) is -0.0639. The fraction of sp³-hybridized carbons (Fsp3) is 0.762. The molecule has 2 atom stereocenters. The third-order valence-corrected chi connectivity index (χ3v) is 6.91. The van der Waals surface area contributed by atoms with Crippen LogP contribution in [0.25, 0.3) is 0 Å². The zero-order valence-electron chi connectivity index (χ0n) is 18.8. The molecule has 1 amide bonds. The van der Waals surface area contributed by atoms with Gasteiger partial charge in [0.1, 0.15) is 0 Å². The van der Waals surface area contributed by atoms with Gasteiger partial charge in [0.05, 0.1) is 17.8 Å². The van der Waals surface area contributed by atoms with E-state index in [9.17, 15) is 9.90 Å². The zero-order chi connectivity index (χ0) is 22.4. The molecule has 2 saturated heterocycles. The summed E-state index contributed by atoms with van der Waals surface area (Å²) in [6.07, 6.45) is 6.09. The zero-order valence-corrected chi connectivity index (χ0v) is 18.8. The average Bonchev–Trinajstić information content (AvgIpc) is 3.54. The number of hydrogen-bond donors (Lipinski definition) is 2. The number of anilines is 1. The maximum absolute atomic E-state index is 12.4. The van der Waals surface area contributed by atoms with E-state index in [-0.39, 0.29) is 6.04 Å². The van der Waals surface area contributed by atoms with Crippen molar-refractivity contribution in [2.24, 2.45) is 0 Å². The largest absolute Gasteiger partial charge is 0.498 e. The molecule has 3 aliphatic rings. The highest BCUT2D eigenvalue weighted by molar-refractivity contribution is 6.61. The average molecular weight is 432 g/mol. The van der Waals surface area contributed by atoms with Crippen molar-refractivity contribution in [3.05, 3.63) is 12.4 Å². The summed E-state index contributed by atoms with van der Waals surface area (Å²) in [7, 11) is -0.504. The number of nitrogens with zero attached hydrogens (tertiary/aromatic N) is 4. The number of carbonyl (C=O) groups is 1. The van der Waals surface area contributed by atoms with Crippen LogP contribution in [0.4, 0.5) is 5.95 Å². The van der Waals surface area contributed by atoms with Gasteiger partial charge >= 0.3 is 7.12 Å². The molecule has 0 bridgehead atoms. The molecule has 10 heteroatoms. The Morgan fingerprint density at radius 2 is 1.81 bits per heavy atom. The van der Waals surface area contributed by atoms with E-state index in [1.165, 1.54) is 0 Å². The lowest BCUT2D eigenvalue weighted by molar-refractivity contribution is -0.143. The van der Waals surface area contributed by atoms with Gasteiger partial charge in [0.2, 0.25) is 5.95 Å². The van der Waals surface area contributed by atoms with Gasteiger partial charge in [-0.25, -0.2) is 9.97 Å². The minimum absolute atomic E-state index is 0.0822. The molecule has 31 heavy (non-hydrogen) atoms. The van der Waals surface area contributed by atoms with Gasteiger partial charge in [-0.2, -0.15) is 0 Å². The number of rotatable bonds is 6. The standard InChI is InChI=1S/C21H33BN4O5/c1-20(2)21(3,4)31-22(30-20)14-10-23-19(24-11-14)26(15-7-8-15)16-6-5-9-25(12-16)18(29)17(28)13-27/h10-11,15-17,27-28H,5-9,12-13H2,1-4H3/t16-,17+/m0/s1. The molecular formula is C21H33BN4O5. The number of hydrogen-bond acceptors (Lipinski definition) is 8. The molecule has 0 radical (unpaired) electrons. The van der Waals surface area contributed by atoms with Crippen molar-refractivity contribution in [1.29, 1.82) is 0 Å². The lowest BCUT2D eigenvalue weighted by Crippen LogP contribution is -2.53. The first kappa shape index (κ1) is 22.4. The second-order valence-corrected chi connectivity index (χ2v) is 9.82. The highest BCUT2D eigenvalue weighted by Crippen LogP contribution is 2.37. The minimum Gasteiger partial charge on any atom is -0.399 e. The Morgan fingerprint density at radius 1 is 1.19 bits per heavy atom. The van der Waals surface area contributed by atoms with Crippen LogP contribution in [0.2, 0.25) is 0 Å². The smallest absolute Gasteiger partial charge is 0.399 e. The number of aliphatic hydroxyl groups excluding tert-OH is 2. The maximum atomic E-state index is 12.4. The van der Waals surface area contributed by atoms with E-state index in [0.717, 1.165) is 31.1 Å². The number of aliphatic hydroxyl groups is 2. The second-order valence-electron chi connectivity index (χ2n) is 9.82. The van der Waals surface area contributed by atoms with Gasteiger partial charge in [-0.05, 0) is 53.4 Å². The highest BCUT2D eigenvalue weighted by Gasteiger charge is 2.52. The van der Waals surface area contributed by atoms with Crippen molar-refractivity contribution in [2.75, 3.05) is 24.6 Å². The van der Waals surface area contributed by atoms with Gasteiger partial charge in [-0.1, -0.05) is 0 Å². The van der Waals surface area contributed by atoms with Crippen LogP contribution in [0.5, 0.6) is 0 Å². The summed E-state index contributed by atoms with van der Waals surface area (Å²) in [4.78, 5) is 25.5. The maximum Gasteiger partial charge on any atom is 0.498 e. The molecular weight excluding hydrogens is 399 g/mol. The normalized spacial score (nSPS) is 26.1. The lowest BCUT2D eigenvalue weighted by Gasteiger charge is -2.40. The number of amides is 1. The summed E-state index contributed by atoms with van der Waals surface area (Å²) in [6.45, 7) is 8.58. The molecule has 3 fully saturated rings. The van der Waals surface area contributed by atoms with Crippen molar-refractivity contribution < 1.29 is 24.3 Å². The number of piperidine rings is 1. The number of aromatic nitrogens is 2. The number of likely N-dealkylation sites (tertiary alicyclic amines) is 1. The van der Waals surface area contributed by atoms with Crippen LogP contribution < -0.4 is 10.4 Å². The molecule has 3 heterocycles. The van der Waals surface area contributed by atoms with E-state index in [1.807, 2.05) is 27.7 Å². The van der Waals surface area contributed by atoms with E-state index in [2.05, 4.69) is 14.9 Å². The third-order valence-electron chi connectivity index (χ3n) is 6.91. The van der Waals surface area contributed by atoms with Crippen LogP contribution in [-0.4, -0.2) is 87.2 Å². The predicted molar refractivity (Wildman–Crippen MR) is 116 cm³/mol. The van der Waals surface area contributed by atoms with Gasteiger partial charge in [-0.15, -0.1) is 0 Å². The van der Waals surface area contributed by atoms with E-state index in [0.29, 0.717) is 25.1 Å². The SMILES string of the molecule is CC1(C)OB(c2cnc(N(C3CC3)[C@H]3CCCN(C(=O)[C@H](O)CO)C3)nc2)OC1(C)C. The van der Waals surface area contributed by atoms with Crippen LogP contribution in [0.1, 0.15) is 53.4 Å². The summed E-state index contributed by atoms with van der Waals surface area (Å²) < 4.78 is 12.2. The fourth-order valence-corrected chi connectivity index (χ4v) is 4.21. The summed E-state index contributed by atoms with van der Waals surface area (Å²) in [6, 6.07) is 0.448. The molecule has 2 aliphatic heterocycles. The van der Waals surface area contributed by atoms with Gasteiger partial charge in [0.15, 0.2) is 6.10 Å². The van der Waals surface area contributed by atoms with E-state index in [4.69, 9.17) is 14.4 Å². The lowest BCUT2D eigenvalue weighted by atomic mass is 9.81. The predicted octanol–water partition coefficient (Wildman–Crippen LogP) is 0.0888. The van der Waals surface area contributed by atoms with Gasteiger partial charge in [-0.3, -0.25) is 4.79 Å². The van der Waals surface area contributed by atoms with Crippen molar-refractivity contribution in [2.45, 2.75) is 82.8 Å². The van der Waals surface area contributed by atoms with Gasteiger partial charge in [0.25, 0.3) is 5.91 Å². The van der Waals surface area contributed by atoms with Crippen LogP contribution in [0, 0.1) is 0 Å². The van der Waals surface area contributed by atoms with Crippen molar-refractivity contribution in [3.63, 3.8) is 0 Å². The molecule has 0 unspecified atom stereocenters. The Labute approximate surface area is 183 Å². The fourth-order valence-electron chi connectivity index (χ4n) is 4.21. The quantitative estimate of drug-likeness (QED) is 0.609. The van der Waals surface area contributed by atoms with Gasteiger partial charge < -0.3 is 29.3 Å². The second kappa shape index (κ2) is 8.31. The van der Waals surface area contributed by atoms with Crippen LogP contribution >= 0.6 is 0 Å². The molecule has 1 aromatic rings. The Bertz CT molecular complexity index is 785. The Kier molecular flexibility index (Phi) is 6.02. The Morgan fingerprint density at radius 3 is 2.35 bits per heavy atom. The monoisotopic (exact) mass is 432 g/mol. The minimum atomic E-state index is -1.36. The molecule has 0 spiro atoms. The summed E-state index contributed by atoms with van der Waals surface area (Å²) >= 11 is 0. The number of carbonyl (C=O) groups excluding carboxylic acids is 1. The van der Waals surface area contributed by atoms with E-state index < -0.39 is 36.9 Å². The molecule has 1 aliphatic carbocycles. The third kappa shape index (κ3) is 4.44. The van der Waals surface area contributed by atoms with Crippen molar-refractivity contribution >= 4 is 24.4 Å². The Hall–Kier alpha value is -1.75. The molecule has 2 N–H and O–H groups in total. The first-order valence-electron chi connectivity index (χ1n) is 11.2. The summed E-state index contributed by atoms with van der Waals surface area (Å²) in [5, 5.41) is 18.9. The highest BCUT2D eigenvalue weighted by atomic mass is 16.7. The molecule has 9 nitrogen and oxygen atoms in total. The van der Waals surface area contributed by atoms with Crippen molar-refractivity contribution in [1.82, 2.24) is 14.9 Å². The summed E-state index contributed by atoms with van der Waals surface area (Å²) in [5.74, 6) is 0.227. The molecule has 1 saturated carbocycles. The molecule has 0 aromatic carbocycles. The van der Waals surface area contributed by atoms with Crippen LogP contribution in [-0.2, 0) is 14.1 Å². The Balaban J connectivity index is 1.49. The van der Waals surface area contributed by atoms with Crippen LogP contribution in [0.3, 0.4) is 0 Å². The first-order chi connectivity index (χ1) is 14.6.